The maximum atomic E-state index is 12.8. The molecule has 0 atom stereocenters. The van der Waals surface area contributed by atoms with Gasteiger partial charge in [-0.15, -0.1) is 0 Å². The molecule has 2 aromatic rings. The van der Waals surface area contributed by atoms with Crippen LogP contribution in [0.5, 0.6) is 0 Å². The van der Waals surface area contributed by atoms with E-state index in [0.29, 0.717) is 16.1 Å². The van der Waals surface area contributed by atoms with Crippen LogP contribution in [0.25, 0.3) is 0 Å². The number of aryl methyl sites for hydroxylation is 1. The van der Waals surface area contributed by atoms with Crippen molar-refractivity contribution in [1.29, 1.82) is 0 Å². The number of rotatable bonds is 2. The van der Waals surface area contributed by atoms with Gasteiger partial charge in [-0.1, -0.05) is 37.1 Å². The number of benzene rings is 2. The molecule has 0 saturated heterocycles. The number of ketones is 1. The molecule has 0 aliphatic carbocycles. The summed E-state index contributed by atoms with van der Waals surface area (Å²) in [4.78, 5) is 12.1. The molecule has 0 fully saturated rings. The lowest BCUT2D eigenvalue weighted by atomic mass is 10.0. The normalized spacial score (nSPS) is 9.53. The first-order valence-electron chi connectivity index (χ1n) is 6.14. The maximum Gasteiger partial charge on any atom is 0.194 e. The van der Waals surface area contributed by atoms with E-state index in [1.54, 1.807) is 12.1 Å². The number of carbonyl (C=O) groups excluding carboxylic acids is 1. The van der Waals surface area contributed by atoms with Crippen LogP contribution in [-0.2, 0) is 0 Å². The van der Waals surface area contributed by atoms with Crippen LogP contribution in [0.2, 0.25) is 5.02 Å². The van der Waals surface area contributed by atoms with E-state index in [9.17, 15) is 9.18 Å². The van der Waals surface area contributed by atoms with E-state index in [0.717, 1.165) is 5.56 Å². The van der Waals surface area contributed by atoms with Crippen LogP contribution in [-0.4, -0.2) is 5.78 Å². The van der Waals surface area contributed by atoms with Gasteiger partial charge in [0, 0.05) is 11.1 Å². The van der Waals surface area contributed by atoms with Crippen LogP contribution in [0.1, 0.15) is 35.3 Å². The third-order valence-corrected chi connectivity index (χ3v) is 2.80. The lowest BCUT2D eigenvalue weighted by Crippen LogP contribution is -2.02. The highest BCUT2D eigenvalue weighted by Crippen LogP contribution is 2.21. The summed E-state index contributed by atoms with van der Waals surface area (Å²) in [5, 5.41) is 0.407. The molecule has 0 N–H and O–H groups in total. The zero-order valence-electron chi connectivity index (χ0n) is 11.2. The van der Waals surface area contributed by atoms with E-state index in [-0.39, 0.29) is 11.6 Å². The summed E-state index contributed by atoms with van der Waals surface area (Å²) in [5.74, 6) is -0.560. The zero-order chi connectivity index (χ0) is 14.4. The molecule has 0 aliphatic heterocycles. The minimum Gasteiger partial charge on any atom is -0.289 e. The molecule has 19 heavy (non-hydrogen) atoms. The highest BCUT2D eigenvalue weighted by molar-refractivity contribution is 6.35. The highest BCUT2D eigenvalue weighted by Gasteiger charge is 2.12. The fourth-order valence-electron chi connectivity index (χ4n) is 1.57. The van der Waals surface area contributed by atoms with Crippen molar-refractivity contribution in [1.82, 2.24) is 0 Å². The standard InChI is InChI=1S/C14H10ClFO.C2H6/c1-9-2-7-13(15)12(8-9)14(17)10-3-5-11(16)6-4-10;1-2/h2-8H,1H3;1-2H3. The Labute approximate surface area is 118 Å². The Morgan fingerprint density at radius 2 is 1.63 bits per heavy atom. The quantitative estimate of drug-likeness (QED) is 0.703. The van der Waals surface area contributed by atoms with E-state index < -0.39 is 0 Å². The van der Waals surface area contributed by atoms with Crippen molar-refractivity contribution in [3.63, 3.8) is 0 Å². The lowest BCUT2D eigenvalue weighted by Gasteiger charge is -2.04. The van der Waals surface area contributed by atoms with Gasteiger partial charge in [-0.25, -0.2) is 4.39 Å². The van der Waals surface area contributed by atoms with Crippen LogP contribution < -0.4 is 0 Å². The highest BCUT2D eigenvalue weighted by atomic mass is 35.5. The summed E-state index contributed by atoms with van der Waals surface area (Å²) in [6, 6.07) is 10.7. The van der Waals surface area contributed by atoms with E-state index in [1.807, 2.05) is 26.8 Å². The van der Waals surface area contributed by atoms with Gasteiger partial charge < -0.3 is 0 Å². The first kappa shape index (κ1) is 15.4. The van der Waals surface area contributed by atoms with E-state index >= 15 is 0 Å². The molecule has 0 radical (unpaired) electrons. The summed E-state index contributed by atoms with van der Waals surface area (Å²) >= 11 is 5.98. The molecule has 0 heterocycles. The number of halogens is 2. The van der Waals surface area contributed by atoms with Gasteiger partial charge in [0.25, 0.3) is 0 Å². The maximum absolute atomic E-state index is 12.8. The van der Waals surface area contributed by atoms with Gasteiger partial charge in [0.2, 0.25) is 0 Å². The molecular weight excluding hydrogens is 263 g/mol. The molecule has 0 spiro atoms. The first-order chi connectivity index (χ1) is 9.08. The van der Waals surface area contributed by atoms with Gasteiger partial charge in [0.05, 0.1) is 5.02 Å². The molecule has 100 valence electrons. The van der Waals surface area contributed by atoms with E-state index in [1.165, 1.54) is 24.3 Å². The SMILES string of the molecule is CC.Cc1ccc(Cl)c(C(=O)c2ccc(F)cc2)c1. The topological polar surface area (TPSA) is 17.1 Å². The smallest absolute Gasteiger partial charge is 0.194 e. The number of carbonyl (C=O) groups is 1. The van der Waals surface area contributed by atoms with E-state index in [2.05, 4.69) is 0 Å². The van der Waals surface area contributed by atoms with Crippen molar-refractivity contribution in [2.24, 2.45) is 0 Å². The molecular formula is C16H16ClFO. The second kappa shape index (κ2) is 7.05. The largest absolute Gasteiger partial charge is 0.289 e. The van der Waals surface area contributed by atoms with E-state index in [4.69, 9.17) is 11.6 Å². The molecule has 3 heteroatoms. The summed E-state index contributed by atoms with van der Waals surface area (Å²) in [6.45, 7) is 5.89. The first-order valence-corrected chi connectivity index (χ1v) is 6.52. The minimum atomic E-state index is -0.364. The minimum absolute atomic E-state index is 0.196. The molecule has 0 aliphatic rings. The second-order valence-electron chi connectivity index (χ2n) is 3.82. The Morgan fingerprint density at radius 1 is 1.05 bits per heavy atom. The second-order valence-corrected chi connectivity index (χ2v) is 4.23. The van der Waals surface area contributed by atoms with Crippen molar-refractivity contribution in [2.75, 3.05) is 0 Å². The van der Waals surface area contributed by atoms with Crippen molar-refractivity contribution < 1.29 is 9.18 Å². The van der Waals surface area contributed by atoms with Crippen LogP contribution in [0.15, 0.2) is 42.5 Å². The number of hydrogen-bond acceptors (Lipinski definition) is 1. The third-order valence-electron chi connectivity index (χ3n) is 2.47. The monoisotopic (exact) mass is 278 g/mol. The Balaban J connectivity index is 0.000000861. The molecule has 0 bridgehead atoms. The molecule has 1 nitrogen and oxygen atoms in total. The van der Waals surface area contributed by atoms with Crippen molar-refractivity contribution in [2.45, 2.75) is 20.8 Å². The fourth-order valence-corrected chi connectivity index (χ4v) is 1.77. The van der Waals surface area contributed by atoms with Crippen molar-refractivity contribution >= 4 is 17.4 Å². The molecule has 0 aromatic heterocycles. The zero-order valence-corrected chi connectivity index (χ0v) is 12.0. The third kappa shape index (κ3) is 3.90. The van der Waals surface area contributed by atoms with Crippen LogP contribution >= 0.6 is 11.6 Å². The van der Waals surface area contributed by atoms with Crippen molar-refractivity contribution in [3.05, 3.63) is 70.0 Å². The average molecular weight is 279 g/mol. The fraction of sp³-hybridized carbons (Fsp3) is 0.188. The molecule has 0 unspecified atom stereocenters. The van der Waals surface area contributed by atoms with Gasteiger partial charge in [0.15, 0.2) is 5.78 Å². The summed E-state index contributed by atoms with van der Waals surface area (Å²) in [6.07, 6.45) is 0. The van der Waals surface area contributed by atoms with Gasteiger partial charge in [0.1, 0.15) is 5.82 Å². The Kier molecular flexibility index (Phi) is 5.71. The Bertz CT molecular complexity index is 561. The summed E-state index contributed by atoms with van der Waals surface area (Å²) in [5.41, 5.74) is 1.83. The Hall–Kier alpha value is -1.67. The molecule has 0 saturated carbocycles. The van der Waals surface area contributed by atoms with Gasteiger partial charge in [-0.05, 0) is 43.3 Å². The lowest BCUT2D eigenvalue weighted by molar-refractivity contribution is 0.103. The van der Waals surface area contributed by atoms with Crippen LogP contribution in [0, 0.1) is 12.7 Å². The van der Waals surface area contributed by atoms with Gasteiger partial charge in [-0.2, -0.15) is 0 Å². The van der Waals surface area contributed by atoms with Crippen molar-refractivity contribution in [3.8, 4) is 0 Å². The predicted molar refractivity (Wildman–Crippen MR) is 77.4 cm³/mol. The molecule has 0 amide bonds. The van der Waals surface area contributed by atoms with Crippen LogP contribution in [0.3, 0.4) is 0 Å². The van der Waals surface area contributed by atoms with Crippen LogP contribution in [0.4, 0.5) is 4.39 Å². The average Bonchev–Trinajstić information content (AvgIpc) is 2.44. The van der Waals surface area contributed by atoms with Gasteiger partial charge >= 0.3 is 0 Å². The van der Waals surface area contributed by atoms with Gasteiger partial charge in [-0.3, -0.25) is 4.79 Å². The summed E-state index contributed by atoms with van der Waals surface area (Å²) in [7, 11) is 0. The predicted octanol–water partition coefficient (Wildman–Crippen LogP) is 5.04. The summed E-state index contributed by atoms with van der Waals surface area (Å²) < 4.78 is 12.8. The number of hydrogen-bond donors (Lipinski definition) is 0. The molecule has 2 aromatic carbocycles. The Morgan fingerprint density at radius 3 is 2.21 bits per heavy atom. The molecule has 2 rings (SSSR count).